The standard InChI is InChI=1S/C15H15N3O4/c16-12(19)11-9-21-13(17-11)15(6-7-15)18-14(20)22-8-10-4-2-1-3-5-10/h1-5,9H,6-8H2,(H2,16,19)(H,18,20). The van der Waals surface area contributed by atoms with E-state index >= 15 is 0 Å². The third-order valence-corrected chi connectivity index (χ3v) is 3.47. The summed E-state index contributed by atoms with van der Waals surface area (Å²) in [6.07, 6.45) is 1.98. The van der Waals surface area contributed by atoms with Crippen molar-refractivity contribution >= 4 is 12.0 Å². The minimum Gasteiger partial charge on any atom is -0.446 e. The lowest BCUT2D eigenvalue weighted by atomic mass is 10.2. The van der Waals surface area contributed by atoms with Gasteiger partial charge in [-0.25, -0.2) is 9.78 Å². The first kappa shape index (κ1) is 14.1. The van der Waals surface area contributed by atoms with Gasteiger partial charge in [-0.3, -0.25) is 4.79 Å². The van der Waals surface area contributed by atoms with E-state index in [1.165, 1.54) is 6.26 Å². The predicted octanol–water partition coefficient (Wildman–Crippen LogP) is 1.69. The van der Waals surface area contributed by atoms with Crippen LogP contribution in [0, 0.1) is 0 Å². The van der Waals surface area contributed by atoms with Gasteiger partial charge in [-0.15, -0.1) is 0 Å². The van der Waals surface area contributed by atoms with E-state index in [-0.39, 0.29) is 18.2 Å². The smallest absolute Gasteiger partial charge is 0.408 e. The Morgan fingerprint density at radius 2 is 2.05 bits per heavy atom. The van der Waals surface area contributed by atoms with Crippen LogP contribution in [-0.2, 0) is 16.9 Å². The number of alkyl carbamates (subject to hydrolysis) is 1. The largest absolute Gasteiger partial charge is 0.446 e. The van der Waals surface area contributed by atoms with Gasteiger partial charge in [-0.1, -0.05) is 30.3 Å². The van der Waals surface area contributed by atoms with E-state index < -0.39 is 17.5 Å². The van der Waals surface area contributed by atoms with E-state index in [2.05, 4.69) is 10.3 Å². The van der Waals surface area contributed by atoms with Gasteiger partial charge >= 0.3 is 6.09 Å². The van der Waals surface area contributed by atoms with Gasteiger partial charge < -0.3 is 20.2 Å². The molecule has 1 aliphatic rings. The fourth-order valence-corrected chi connectivity index (χ4v) is 2.08. The number of amides is 2. The van der Waals surface area contributed by atoms with Crippen LogP contribution in [0.3, 0.4) is 0 Å². The summed E-state index contributed by atoms with van der Waals surface area (Å²) in [5, 5.41) is 2.74. The lowest BCUT2D eigenvalue weighted by Gasteiger charge is -2.13. The minimum absolute atomic E-state index is 0.0423. The molecule has 0 bridgehead atoms. The predicted molar refractivity (Wildman–Crippen MR) is 75.7 cm³/mol. The molecule has 0 saturated heterocycles. The Kier molecular flexibility index (Phi) is 3.54. The summed E-state index contributed by atoms with van der Waals surface area (Å²) in [6, 6.07) is 9.37. The monoisotopic (exact) mass is 301 g/mol. The number of hydrogen-bond donors (Lipinski definition) is 2. The van der Waals surface area contributed by atoms with Crippen molar-refractivity contribution in [1.82, 2.24) is 10.3 Å². The zero-order valence-corrected chi connectivity index (χ0v) is 11.7. The number of nitrogens with two attached hydrogens (primary N) is 1. The molecule has 3 rings (SSSR count). The van der Waals surface area contributed by atoms with Crippen LogP contribution in [0.1, 0.15) is 34.8 Å². The average Bonchev–Trinajstić information content (AvgIpc) is 3.11. The average molecular weight is 301 g/mol. The first-order chi connectivity index (χ1) is 10.6. The molecule has 0 radical (unpaired) electrons. The summed E-state index contributed by atoms with van der Waals surface area (Å²) < 4.78 is 10.4. The van der Waals surface area contributed by atoms with E-state index in [9.17, 15) is 9.59 Å². The van der Waals surface area contributed by atoms with Gasteiger partial charge in [0.15, 0.2) is 5.69 Å². The fraction of sp³-hybridized carbons (Fsp3) is 0.267. The fourth-order valence-electron chi connectivity index (χ4n) is 2.08. The van der Waals surface area contributed by atoms with E-state index in [0.717, 1.165) is 5.56 Å². The number of oxazole rings is 1. The SMILES string of the molecule is NC(=O)c1coc(C2(NC(=O)OCc3ccccc3)CC2)n1. The van der Waals surface area contributed by atoms with Crippen LogP contribution in [0.4, 0.5) is 4.79 Å². The molecule has 2 aromatic rings. The molecule has 7 nitrogen and oxygen atoms in total. The first-order valence-corrected chi connectivity index (χ1v) is 6.84. The second-order valence-corrected chi connectivity index (χ2v) is 5.17. The molecule has 114 valence electrons. The molecule has 3 N–H and O–H groups in total. The van der Waals surface area contributed by atoms with Crippen molar-refractivity contribution in [1.29, 1.82) is 0 Å². The molecule has 0 unspecified atom stereocenters. The molecule has 7 heteroatoms. The van der Waals surface area contributed by atoms with E-state index in [1.807, 2.05) is 30.3 Å². The minimum atomic E-state index is -0.693. The van der Waals surface area contributed by atoms with Crippen LogP contribution in [-0.4, -0.2) is 17.0 Å². The summed E-state index contributed by atoms with van der Waals surface area (Å²) in [4.78, 5) is 26.9. The van der Waals surface area contributed by atoms with Crippen molar-refractivity contribution in [2.75, 3.05) is 0 Å². The first-order valence-electron chi connectivity index (χ1n) is 6.84. The van der Waals surface area contributed by atoms with Crippen LogP contribution >= 0.6 is 0 Å². The third-order valence-electron chi connectivity index (χ3n) is 3.47. The summed E-state index contributed by atoms with van der Waals surface area (Å²) in [7, 11) is 0. The summed E-state index contributed by atoms with van der Waals surface area (Å²) in [5.41, 5.74) is 5.38. The number of carbonyl (C=O) groups excluding carboxylic acids is 2. The maximum atomic E-state index is 11.9. The van der Waals surface area contributed by atoms with E-state index in [1.54, 1.807) is 0 Å². The number of aromatic nitrogens is 1. The Bertz CT molecular complexity index is 692. The second kappa shape index (κ2) is 5.51. The van der Waals surface area contributed by atoms with Crippen LogP contribution in [0.25, 0.3) is 0 Å². The Hall–Kier alpha value is -2.83. The van der Waals surface area contributed by atoms with Crippen LogP contribution < -0.4 is 11.1 Å². The molecule has 1 aromatic heterocycles. The molecule has 1 fully saturated rings. The van der Waals surface area contributed by atoms with Crippen molar-refractivity contribution < 1.29 is 18.7 Å². The van der Waals surface area contributed by atoms with Gasteiger partial charge in [0.05, 0.1) is 0 Å². The number of nitrogens with one attached hydrogen (secondary N) is 1. The van der Waals surface area contributed by atoms with Crippen molar-refractivity contribution in [3.05, 3.63) is 53.7 Å². The highest BCUT2D eigenvalue weighted by molar-refractivity contribution is 5.90. The molecule has 0 aliphatic heterocycles. The molecule has 1 heterocycles. The van der Waals surface area contributed by atoms with Crippen molar-refractivity contribution in [3.8, 4) is 0 Å². The molecular formula is C15H15N3O4. The van der Waals surface area contributed by atoms with Crippen molar-refractivity contribution in [3.63, 3.8) is 0 Å². The molecule has 1 aliphatic carbocycles. The number of hydrogen-bond acceptors (Lipinski definition) is 5. The normalized spacial score (nSPS) is 15.1. The number of nitrogens with zero attached hydrogens (tertiary/aromatic N) is 1. The number of carbonyl (C=O) groups is 2. The Labute approximate surface area is 126 Å². The third kappa shape index (κ3) is 2.93. The second-order valence-electron chi connectivity index (χ2n) is 5.17. The highest BCUT2D eigenvalue weighted by Gasteiger charge is 2.50. The lowest BCUT2D eigenvalue weighted by molar-refractivity contribution is 0.0995. The topological polar surface area (TPSA) is 107 Å². The van der Waals surface area contributed by atoms with Crippen molar-refractivity contribution in [2.24, 2.45) is 5.73 Å². The van der Waals surface area contributed by atoms with Gasteiger partial charge in [0.1, 0.15) is 18.4 Å². The molecule has 1 aromatic carbocycles. The van der Waals surface area contributed by atoms with Gasteiger partial charge in [-0.2, -0.15) is 0 Å². The lowest BCUT2D eigenvalue weighted by Crippen LogP contribution is -2.35. The van der Waals surface area contributed by atoms with Gasteiger partial charge in [0.2, 0.25) is 5.89 Å². The van der Waals surface area contributed by atoms with Crippen LogP contribution in [0.15, 0.2) is 41.0 Å². The zero-order chi connectivity index (χ0) is 15.6. The van der Waals surface area contributed by atoms with Gasteiger partial charge in [0, 0.05) is 0 Å². The van der Waals surface area contributed by atoms with Crippen molar-refractivity contribution in [2.45, 2.75) is 25.0 Å². The molecule has 0 atom stereocenters. The molecule has 1 saturated carbocycles. The zero-order valence-electron chi connectivity index (χ0n) is 11.7. The summed E-state index contributed by atoms with van der Waals surface area (Å²) in [5.74, 6) is -0.393. The molecule has 2 amide bonds. The number of primary amides is 1. The quantitative estimate of drug-likeness (QED) is 0.873. The van der Waals surface area contributed by atoms with E-state index in [4.69, 9.17) is 14.9 Å². The highest BCUT2D eigenvalue weighted by atomic mass is 16.5. The van der Waals surface area contributed by atoms with Crippen LogP contribution in [0.5, 0.6) is 0 Å². The van der Waals surface area contributed by atoms with Crippen LogP contribution in [0.2, 0.25) is 0 Å². The highest BCUT2D eigenvalue weighted by Crippen LogP contribution is 2.45. The molecular weight excluding hydrogens is 286 g/mol. The number of ether oxygens (including phenoxy) is 1. The number of rotatable bonds is 5. The summed E-state index contributed by atoms with van der Waals surface area (Å²) in [6.45, 7) is 0.181. The summed E-state index contributed by atoms with van der Waals surface area (Å²) >= 11 is 0. The van der Waals surface area contributed by atoms with Gasteiger partial charge in [0.25, 0.3) is 5.91 Å². The van der Waals surface area contributed by atoms with Gasteiger partial charge in [-0.05, 0) is 18.4 Å². The Morgan fingerprint density at radius 1 is 1.32 bits per heavy atom. The Morgan fingerprint density at radius 3 is 2.64 bits per heavy atom. The Balaban J connectivity index is 1.59. The molecule has 22 heavy (non-hydrogen) atoms. The van der Waals surface area contributed by atoms with E-state index in [0.29, 0.717) is 12.8 Å². The molecule has 0 spiro atoms. The maximum Gasteiger partial charge on any atom is 0.408 e. The maximum absolute atomic E-state index is 11.9. The number of benzene rings is 1.